The van der Waals surface area contributed by atoms with E-state index in [0.29, 0.717) is 10.1 Å². The molecular weight excluding hydrogens is 334 g/mol. The fraction of sp³-hybridized carbons (Fsp3) is 0.300. The molecule has 2 nitrogen and oxygen atoms in total. The van der Waals surface area contributed by atoms with Gasteiger partial charge in [0.2, 0.25) is 0 Å². The molecule has 0 radical (unpaired) electrons. The van der Waals surface area contributed by atoms with E-state index in [1.165, 1.54) is 6.07 Å². The van der Waals surface area contributed by atoms with Gasteiger partial charge in [0.1, 0.15) is 0 Å². The monoisotopic (exact) mass is 343 g/mol. The Morgan fingerprint density at radius 1 is 1.44 bits per heavy atom. The van der Waals surface area contributed by atoms with Crippen LogP contribution >= 0.6 is 22.6 Å². The van der Waals surface area contributed by atoms with Gasteiger partial charge in [-0.1, -0.05) is 0 Å². The Labute approximate surface area is 104 Å². The average molecular weight is 343 g/mol. The molecule has 16 heavy (non-hydrogen) atoms. The summed E-state index contributed by atoms with van der Waals surface area (Å²) in [6.45, 7) is 2.19. The molecule has 1 aromatic carbocycles. The predicted molar refractivity (Wildman–Crippen MR) is 62.2 cm³/mol. The van der Waals surface area contributed by atoms with Crippen LogP contribution in [0.25, 0.3) is 0 Å². The van der Waals surface area contributed by atoms with Gasteiger partial charge in [-0.2, -0.15) is 13.2 Å². The molecule has 0 fully saturated rings. The van der Waals surface area contributed by atoms with Gasteiger partial charge in [-0.15, -0.1) is 0 Å². The summed E-state index contributed by atoms with van der Waals surface area (Å²) in [4.78, 5) is 11.4. The summed E-state index contributed by atoms with van der Waals surface area (Å²) in [7, 11) is 0. The van der Waals surface area contributed by atoms with Gasteiger partial charge in [0, 0.05) is 10.1 Å². The predicted octanol–water partition coefficient (Wildman–Crippen LogP) is 3.06. The van der Waals surface area contributed by atoms with Gasteiger partial charge in [-0.25, -0.2) is 0 Å². The minimum atomic E-state index is -4.38. The van der Waals surface area contributed by atoms with Crippen LogP contribution in [-0.2, 0) is 6.18 Å². The number of rotatable bonds is 2. The molecule has 0 aliphatic rings. The Bertz CT molecular complexity index is 404. The summed E-state index contributed by atoms with van der Waals surface area (Å²) in [5, 5.41) is 2.54. The molecule has 0 aromatic heterocycles. The van der Waals surface area contributed by atoms with Crippen molar-refractivity contribution in [1.82, 2.24) is 5.32 Å². The van der Waals surface area contributed by atoms with Crippen LogP contribution in [-0.4, -0.2) is 12.5 Å². The summed E-state index contributed by atoms with van der Waals surface area (Å²) in [5.41, 5.74) is -0.486. The van der Waals surface area contributed by atoms with E-state index >= 15 is 0 Å². The number of carbonyl (C=O) groups excluding carboxylic acids is 1. The van der Waals surface area contributed by atoms with Gasteiger partial charge >= 0.3 is 6.18 Å². The quantitative estimate of drug-likeness (QED) is 0.822. The van der Waals surface area contributed by atoms with Crippen LogP contribution in [0, 0.1) is 3.57 Å². The zero-order valence-corrected chi connectivity index (χ0v) is 10.5. The molecule has 0 bridgehead atoms. The lowest BCUT2D eigenvalue weighted by Crippen LogP contribution is -2.23. The molecule has 0 aliphatic carbocycles. The second kappa shape index (κ2) is 5.03. The van der Waals surface area contributed by atoms with Crippen LogP contribution in [0.1, 0.15) is 22.8 Å². The molecule has 1 amide bonds. The van der Waals surface area contributed by atoms with Crippen molar-refractivity contribution >= 4 is 28.5 Å². The minimum absolute atomic E-state index is 0.260. The zero-order chi connectivity index (χ0) is 12.3. The highest BCUT2D eigenvalue weighted by Gasteiger charge is 2.31. The maximum absolute atomic E-state index is 12.3. The summed E-state index contributed by atoms with van der Waals surface area (Å²) in [5.74, 6) is -0.361. The zero-order valence-electron chi connectivity index (χ0n) is 8.36. The number of hydrogen-bond acceptors (Lipinski definition) is 1. The van der Waals surface area contributed by atoms with Crippen LogP contribution in [0.5, 0.6) is 0 Å². The van der Waals surface area contributed by atoms with Gasteiger partial charge in [-0.3, -0.25) is 4.79 Å². The van der Waals surface area contributed by atoms with E-state index in [9.17, 15) is 18.0 Å². The van der Waals surface area contributed by atoms with E-state index in [0.717, 1.165) is 12.1 Å². The second-order valence-electron chi connectivity index (χ2n) is 3.05. The fourth-order valence-electron chi connectivity index (χ4n) is 1.13. The van der Waals surface area contributed by atoms with Crippen molar-refractivity contribution in [3.8, 4) is 0 Å². The number of benzene rings is 1. The molecule has 1 aromatic rings. The normalized spacial score (nSPS) is 11.3. The van der Waals surface area contributed by atoms with E-state index in [1.807, 2.05) is 0 Å². The summed E-state index contributed by atoms with van der Waals surface area (Å²) in [6.07, 6.45) is -4.38. The highest BCUT2D eigenvalue weighted by atomic mass is 127. The Morgan fingerprint density at radius 2 is 2.06 bits per heavy atom. The first-order valence-electron chi connectivity index (χ1n) is 4.51. The summed E-state index contributed by atoms with van der Waals surface area (Å²) in [6, 6.07) is 3.06. The Kier molecular flexibility index (Phi) is 4.17. The van der Waals surface area contributed by atoms with Gasteiger partial charge in [0.25, 0.3) is 5.91 Å². The first-order chi connectivity index (χ1) is 7.36. The molecule has 0 atom stereocenters. The number of carbonyl (C=O) groups is 1. The topological polar surface area (TPSA) is 29.1 Å². The van der Waals surface area contributed by atoms with E-state index in [-0.39, 0.29) is 11.5 Å². The van der Waals surface area contributed by atoms with Gasteiger partial charge in [0.05, 0.1) is 11.1 Å². The number of nitrogens with one attached hydrogen (secondary N) is 1. The molecule has 0 saturated carbocycles. The molecule has 88 valence electrons. The van der Waals surface area contributed by atoms with Crippen LogP contribution in [0.15, 0.2) is 18.2 Å². The van der Waals surface area contributed by atoms with Gasteiger partial charge in [-0.05, 0) is 47.7 Å². The standard InChI is InChI=1S/C10H9F3INO/c1-2-15-9(16)7-4-3-6(5-8(7)14)10(11,12)13/h3-5H,2H2,1H3,(H,15,16). The van der Waals surface area contributed by atoms with Crippen molar-refractivity contribution in [3.05, 3.63) is 32.9 Å². The second-order valence-corrected chi connectivity index (χ2v) is 4.21. The van der Waals surface area contributed by atoms with Crippen molar-refractivity contribution in [3.63, 3.8) is 0 Å². The highest BCUT2D eigenvalue weighted by molar-refractivity contribution is 14.1. The molecule has 0 aliphatic heterocycles. The SMILES string of the molecule is CCNC(=O)c1ccc(C(F)(F)F)cc1I. The van der Waals surface area contributed by atoms with Crippen molar-refractivity contribution < 1.29 is 18.0 Å². The van der Waals surface area contributed by atoms with Crippen LogP contribution in [0.2, 0.25) is 0 Å². The van der Waals surface area contributed by atoms with Gasteiger partial charge in [0.15, 0.2) is 0 Å². The number of alkyl halides is 3. The summed E-state index contributed by atoms with van der Waals surface area (Å²) < 4.78 is 37.3. The molecular formula is C10H9F3INO. The molecule has 0 spiro atoms. The first kappa shape index (κ1) is 13.3. The maximum Gasteiger partial charge on any atom is 0.416 e. The third-order valence-electron chi connectivity index (χ3n) is 1.88. The van der Waals surface area contributed by atoms with E-state index in [1.54, 1.807) is 29.5 Å². The highest BCUT2D eigenvalue weighted by Crippen LogP contribution is 2.30. The Hall–Kier alpha value is -0.790. The van der Waals surface area contributed by atoms with Crippen molar-refractivity contribution in [2.75, 3.05) is 6.54 Å². The van der Waals surface area contributed by atoms with Gasteiger partial charge < -0.3 is 5.32 Å². The van der Waals surface area contributed by atoms with E-state index < -0.39 is 11.7 Å². The Morgan fingerprint density at radius 3 is 2.50 bits per heavy atom. The summed E-state index contributed by atoms with van der Waals surface area (Å²) >= 11 is 1.72. The maximum atomic E-state index is 12.3. The lowest BCUT2D eigenvalue weighted by Gasteiger charge is -2.09. The Balaban J connectivity index is 3.05. The molecule has 0 saturated heterocycles. The largest absolute Gasteiger partial charge is 0.416 e. The molecule has 0 unspecified atom stereocenters. The number of halogens is 4. The number of hydrogen-bond donors (Lipinski definition) is 1. The molecule has 1 N–H and O–H groups in total. The van der Waals surface area contributed by atoms with Crippen molar-refractivity contribution in [2.45, 2.75) is 13.1 Å². The van der Waals surface area contributed by atoms with Crippen molar-refractivity contribution in [1.29, 1.82) is 0 Å². The lowest BCUT2D eigenvalue weighted by atomic mass is 10.1. The lowest BCUT2D eigenvalue weighted by molar-refractivity contribution is -0.137. The number of amides is 1. The molecule has 0 heterocycles. The van der Waals surface area contributed by atoms with Crippen LogP contribution in [0.4, 0.5) is 13.2 Å². The third kappa shape index (κ3) is 3.10. The molecule has 1 rings (SSSR count). The van der Waals surface area contributed by atoms with E-state index in [2.05, 4.69) is 5.32 Å². The van der Waals surface area contributed by atoms with Crippen LogP contribution < -0.4 is 5.32 Å². The van der Waals surface area contributed by atoms with E-state index in [4.69, 9.17) is 0 Å². The molecule has 6 heteroatoms. The first-order valence-corrected chi connectivity index (χ1v) is 5.59. The van der Waals surface area contributed by atoms with Crippen molar-refractivity contribution in [2.24, 2.45) is 0 Å². The average Bonchev–Trinajstić information content (AvgIpc) is 2.16. The minimum Gasteiger partial charge on any atom is -0.352 e. The third-order valence-corrected chi connectivity index (χ3v) is 2.77. The van der Waals surface area contributed by atoms with Crippen LogP contribution in [0.3, 0.4) is 0 Å². The smallest absolute Gasteiger partial charge is 0.352 e. The fourth-order valence-corrected chi connectivity index (χ4v) is 1.89.